The van der Waals surface area contributed by atoms with Crippen LogP contribution in [0.15, 0.2) is 0 Å². The normalized spacial score (nSPS) is 18.5. The molecule has 0 aromatic rings. The van der Waals surface area contributed by atoms with Crippen LogP contribution in [0.3, 0.4) is 0 Å². The lowest BCUT2D eigenvalue weighted by molar-refractivity contribution is -0.124. The second-order valence-corrected chi connectivity index (χ2v) is 6.13. The Bertz CT molecular complexity index is 266. The molecule has 5 heteroatoms. The third-order valence-corrected chi connectivity index (χ3v) is 3.68. The van der Waals surface area contributed by atoms with Crippen molar-refractivity contribution in [2.24, 2.45) is 11.8 Å². The molecule has 1 unspecified atom stereocenters. The Balaban J connectivity index is 0.00000324. The molecule has 0 saturated carbocycles. The van der Waals surface area contributed by atoms with Crippen LogP contribution in [0.25, 0.3) is 0 Å². The molecule has 0 spiro atoms. The van der Waals surface area contributed by atoms with Gasteiger partial charge < -0.3 is 15.4 Å². The molecule has 0 aliphatic carbocycles. The van der Waals surface area contributed by atoms with E-state index in [4.69, 9.17) is 4.74 Å². The monoisotopic (exact) mass is 292 g/mol. The summed E-state index contributed by atoms with van der Waals surface area (Å²) in [7, 11) is 1.66. The van der Waals surface area contributed by atoms with Crippen LogP contribution >= 0.6 is 12.4 Å². The molecule has 1 atom stereocenters. The Morgan fingerprint density at radius 2 is 2.00 bits per heavy atom. The minimum absolute atomic E-state index is 0. The molecule has 1 heterocycles. The van der Waals surface area contributed by atoms with E-state index in [0.29, 0.717) is 24.9 Å². The Hall–Kier alpha value is -0.320. The first-order valence-electron chi connectivity index (χ1n) is 6.95. The number of hydrogen-bond donors (Lipinski definition) is 2. The van der Waals surface area contributed by atoms with E-state index in [-0.39, 0.29) is 23.9 Å². The molecule has 1 rings (SSSR count). The second-order valence-electron chi connectivity index (χ2n) is 6.13. The third-order valence-electron chi connectivity index (χ3n) is 3.68. The van der Waals surface area contributed by atoms with E-state index in [2.05, 4.69) is 17.6 Å². The Labute approximate surface area is 123 Å². The summed E-state index contributed by atoms with van der Waals surface area (Å²) < 4.78 is 5.11. The topological polar surface area (TPSA) is 50.4 Å². The smallest absolute Gasteiger partial charge is 0.220 e. The van der Waals surface area contributed by atoms with E-state index in [0.717, 1.165) is 13.1 Å². The third kappa shape index (κ3) is 7.14. The highest BCUT2D eigenvalue weighted by atomic mass is 35.5. The van der Waals surface area contributed by atoms with Gasteiger partial charge in [-0.2, -0.15) is 0 Å². The number of carbonyl (C=O) groups is 1. The maximum atomic E-state index is 12.0. The lowest BCUT2D eigenvalue weighted by Gasteiger charge is -2.30. The number of methoxy groups -OCH3 is 1. The average molecular weight is 293 g/mol. The second kappa shape index (κ2) is 8.77. The van der Waals surface area contributed by atoms with Crippen molar-refractivity contribution in [3.8, 4) is 0 Å². The van der Waals surface area contributed by atoms with E-state index in [1.165, 1.54) is 12.8 Å². The first-order valence-corrected chi connectivity index (χ1v) is 6.95. The van der Waals surface area contributed by atoms with E-state index in [1.807, 2.05) is 13.8 Å². The molecule has 1 aliphatic heterocycles. The predicted molar refractivity (Wildman–Crippen MR) is 80.7 cm³/mol. The van der Waals surface area contributed by atoms with Gasteiger partial charge in [0.2, 0.25) is 5.91 Å². The highest BCUT2D eigenvalue weighted by Gasteiger charge is 2.25. The van der Waals surface area contributed by atoms with Gasteiger partial charge in [-0.05, 0) is 51.6 Å². The summed E-state index contributed by atoms with van der Waals surface area (Å²) in [5.74, 6) is 1.29. The average Bonchev–Trinajstić information content (AvgIpc) is 2.28. The fourth-order valence-corrected chi connectivity index (χ4v) is 2.70. The number of piperidine rings is 1. The molecule has 1 aliphatic rings. The van der Waals surface area contributed by atoms with Crippen molar-refractivity contribution >= 4 is 18.3 Å². The highest BCUT2D eigenvalue weighted by Crippen LogP contribution is 2.24. The molecule has 2 N–H and O–H groups in total. The van der Waals surface area contributed by atoms with E-state index < -0.39 is 0 Å². The van der Waals surface area contributed by atoms with Crippen molar-refractivity contribution in [2.75, 3.05) is 26.8 Å². The molecular formula is C14H29ClN2O2. The van der Waals surface area contributed by atoms with Gasteiger partial charge in [0.1, 0.15) is 0 Å². The van der Waals surface area contributed by atoms with Crippen LogP contribution in [0, 0.1) is 11.8 Å². The van der Waals surface area contributed by atoms with Crippen LogP contribution in [0.2, 0.25) is 0 Å². The van der Waals surface area contributed by atoms with Crippen molar-refractivity contribution in [1.82, 2.24) is 10.6 Å². The number of carbonyl (C=O) groups excluding carboxylic acids is 1. The molecule has 19 heavy (non-hydrogen) atoms. The number of ether oxygens (including phenoxy) is 1. The molecule has 1 amide bonds. The molecule has 114 valence electrons. The number of amides is 1. The van der Waals surface area contributed by atoms with Crippen molar-refractivity contribution < 1.29 is 9.53 Å². The number of hydrogen-bond acceptors (Lipinski definition) is 3. The largest absolute Gasteiger partial charge is 0.382 e. The summed E-state index contributed by atoms with van der Waals surface area (Å²) in [6.07, 6.45) is 3.00. The Morgan fingerprint density at radius 3 is 2.53 bits per heavy atom. The quantitative estimate of drug-likeness (QED) is 0.787. The van der Waals surface area contributed by atoms with Gasteiger partial charge in [0.25, 0.3) is 0 Å². The molecule has 0 aromatic heterocycles. The minimum Gasteiger partial charge on any atom is -0.382 e. The number of rotatable bonds is 6. The number of halogens is 1. The van der Waals surface area contributed by atoms with Crippen LogP contribution in [-0.2, 0) is 9.53 Å². The van der Waals surface area contributed by atoms with Gasteiger partial charge in [0.05, 0.1) is 12.1 Å². The summed E-state index contributed by atoms with van der Waals surface area (Å²) in [4.78, 5) is 12.0. The first kappa shape index (κ1) is 18.7. The molecule has 0 aromatic carbocycles. The van der Waals surface area contributed by atoms with Crippen molar-refractivity contribution in [3.63, 3.8) is 0 Å². The Morgan fingerprint density at radius 1 is 1.42 bits per heavy atom. The molecule has 0 bridgehead atoms. The zero-order valence-electron chi connectivity index (χ0n) is 12.6. The van der Waals surface area contributed by atoms with Gasteiger partial charge in [-0.3, -0.25) is 4.79 Å². The molecule has 1 saturated heterocycles. The van der Waals surface area contributed by atoms with Gasteiger partial charge in [0.15, 0.2) is 0 Å². The van der Waals surface area contributed by atoms with Gasteiger partial charge in [-0.1, -0.05) is 6.92 Å². The SMILES string of the molecule is COCC(C)(C)NC(=O)CC(C)C1CCNCC1.Cl. The molecular weight excluding hydrogens is 264 g/mol. The van der Waals surface area contributed by atoms with Gasteiger partial charge >= 0.3 is 0 Å². The fraction of sp³-hybridized carbons (Fsp3) is 0.929. The standard InChI is InChI=1S/C14H28N2O2.ClH/c1-11(12-5-7-15-8-6-12)9-13(17)16-14(2,3)10-18-4;/h11-12,15H,5-10H2,1-4H3,(H,16,17);1H. The van der Waals surface area contributed by atoms with Gasteiger partial charge in [-0.15, -0.1) is 12.4 Å². The molecule has 1 fully saturated rings. The zero-order chi connectivity index (χ0) is 13.6. The highest BCUT2D eigenvalue weighted by molar-refractivity contribution is 5.85. The van der Waals surface area contributed by atoms with Crippen molar-refractivity contribution in [3.05, 3.63) is 0 Å². The van der Waals surface area contributed by atoms with E-state index in [1.54, 1.807) is 7.11 Å². The van der Waals surface area contributed by atoms with Crippen LogP contribution in [0.5, 0.6) is 0 Å². The first-order chi connectivity index (χ1) is 8.44. The maximum absolute atomic E-state index is 12.0. The minimum atomic E-state index is -0.278. The lowest BCUT2D eigenvalue weighted by atomic mass is 9.84. The molecule has 0 radical (unpaired) electrons. The number of nitrogens with one attached hydrogen (secondary N) is 2. The predicted octanol–water partition coefficient (Wildman–Crippen LogP) is 1.98. The summed E-state index contributed by atoms with van der Waals surface area (Å²) in [5, 5.41) is 6.41. The van der Waals surface area contributed by atoms with E-state index >= 15 is 0 Å². The summed E-state index contributed by atoms with van der Waals surface area (Å²) in [6.45, 7) is 8.89. The summed E-state index contributed by atoms with van der Waals surface area (Å²) >= 11 is 0. The Kier molecular flexibility index (Phi) is 8.62. The van der Waals surface area contributed by atoms with Crippen LogP contribution in [0.4, 0.5) is 0 Å². The van der Waals surface area contributed by atoms with Crippen LogP contribution < -0.4 is 10.6 Å². The summed E-state index contributed by atoms with van der Waals surface area (Å²) in [5.41, 5.74) is -0.278. The van der Waals surface area contributed by atoms with Crippen LogP contribution in [-0.4, -0.2) is 38.3 Å². The maximum Gasteiger partial charge on any atom is 0.220 e. The zero-order valence-corrected chi connectivity index (χ0v) is 13.4. The van der Waals surface area contributed by atoms with E-state index in [9.17, 15) is 4.79 Å². The van der Waals surface area contributed by atoms with Gasteiger partial charge in [0, 0.05) is 13.5 Å². The lowest BCUT2D eigenvalue weighted by Crippen LogP contribution is -2.47. The summed E-state index contributed by atoms with van der Waals surface area (Å²) in [6, 6.07) is 0. The fourth-order valence-electron chi connectivity index (χ4n) is 2.70. The van der Waals surface area contributed by atoms with Crippen molar-refractivity contribution in [1.29, 1.82) is 0 Å². The van der Waals surface area contributed by atoms with Crippen molar-refractivity contribution in [2.45, 2.75) is 45.6 Å². The van der Waals surface area contributed by atoms with Crippen LogP contribution in [0.1, 0.15) is 40.0 Å². The van der Waals surface area contributed by atoms with Gasteiger partial charge in [-0.25, -0.2) is 0 Å². The molecule has 4 nitrogen and oxygen atoms in total.